The average Bonchev–Trinajstić information content (AvgIpc) is 3.06. The summed E-state index contributed by atoms with van der Waals surface area (Å²) in [6.45, 7) is 4.40. The first-order valence-electron chi connectivity index (χ1n) is 7.14. The van der Waals surface area contributed by atoms with E-state index in [2.05, 4.69) is 4.90 Å². The molecule has 3 heterocycles. The molecular formula is C13H19ClN2O3S2. The lowest BCUT2D eigenvalue weighted by Crippen LogP contribution is -2.39. The fourth-order valence-corrected chi connectivity index (χ4v) is 6.00. The highest BCUT2D eigenvalue weighted by molar-refractivity contribution is 7.91. The predicted octanol–water partition coefficient (Wildman–Crippen LogP) is 1.89. The molecule has 0 radical (unpaired) electrons. The van der Waals surface area contributed by atoms with E-state index in [0.717, 1.165) is 50.5 Å². The zero-order chi connectivity index (χ0) is 14.9. The zero-order valence-electron chi connectivity index (χ0n) is 11.7. The van der Waals surface area contributed by atoms with Crippen molar-refractivity contribution in [1.82, 2.24) is 9.21 Å². The van der Waals surface area contributed by atoms with Gasteiger partial charge in [-0.05, 0) is 31.5 Å². The van der Waals surface area contributed by atoms with E-state index >= 15 is 0 Å². The predicted molar refractivity (Wildman–Crippen MR) is 83.5 cm³/mol. The van der Waals surface area contributed by atoms with Crippen LogP contribution in [0, 0.1) is 0 Å². The molecule has 0 aromatic carbocycles. The summed E-state index contributed by atoms with van der Waals surface area (Å²) in [5, 5.41) is 0. The van der Waals surface area contributed by atoms with Crippen LogP contribution in [-0.4, -0.2) is 63.1 Å². The molecule has 118 valence electrons. The molecule has 2 fully saturated rings. The second-order valence-corrected chi connectivity index (χ2v) is 9.25. The largest absolute Gasteiger partial charge is 0.380 e. The second kappa shape index (κ2) is 6.52. The standard InChI is InChI=1S/C13H19ClN2O3S2/c14-12-2-3-13(20-12)21(17,18)16-6-1-5-15(7-8-16)11-4-9-19-10-11/h2-3,11H,1,4-10H2. The topological polar surface area (TPSA) is 49.9 Å². The van der Waals surface area contributed by atoms with Gasteiger partial charge in [0.05, 0.1) is 10.9 Å². The molecule has 1 aromatic rings. The Labute approximate surface area is 134 Å². The molecule has 0 aliphatic carbocycles. The van der Waals surface area contributed by atoms with Crippen molar-refractivity contribution in [1.29, 1.82) is 0 Å². The maximum absolute atomic E-state index is 12.6. The lowest BCUT2D eigenvalue weighted by molar-refractivity contribution is 0.147. The molecule has 0 amide bonds. The molecule has 2 aliphatic rings. The van der Waals surface area contributed by atoms with Crippen LogP contribution >= 0.6 is 22.9 Å². The summed E-state index contributed by atoms with van der Waals surface area (Å²) < 4.78 is 33.1. The molecule has 0 spiro atoms. The Kier molecular flexibility index (Phi) is 4.87. The van der Waals surface area contributed by atoms with Crippen molar-refractivity contribution in [2.75, 3.05) is 39.4 Å². The number of hydrogen-bond donors (Lipinski definition) is 0. The van der Waals surface area contributed by atoms with Crippen LogP contribution in [0.25, 0.3) is 0 Å². The minimum Gasteiger partial charge on any atom is -0.380 e. The Hall–Kier alpha value is -0.180. The smallest absolute Gasteiger partial charge is 0.252 e. The molecule has 1 aromatic heterocycles. The third-order valence-corrected chi connectivity index (χ3v) is 7.65. The number of sulfonamides is 1. The van der Waals surface area contributed by atoms with Crippen molar-refractivity contribution in [3.8, 4) is 0 Å². The monoisotopic (exact) mass is 350 g/mol. The third kappa shape index (κ3) is 3.43. The highest BCUT2D eigenvalue weighted by Crippen LogP contribution is 2.29. The highest BCUT2D eigenvalue weighted by atomic mass is 35.5. The van der Waals surface area contributed by atoms with Gasteiger partial charge in [-0.3, -0.25) is 4.90 Å². The van der Waals surface area contributed by atoms with E-state index in [1.165, 1.54) is 0 Å². The quantitative estimate of drug-likeness (QED) is 0.835. The number of halogens is 1. The van der Waals surface area contributed by atoms with Gasteiger partial charge in [0.2, 0.25) is 0 Å². The Balaban J connectivity index is 1.69. The van der Waals surface area contributed by atoms with Crippen molar-refractivity contribution in [2.45, 2.75) is 23.1 Å². The minimum atomic E-state index is -3.40. The fourth-order valence-electron chi connectivity index (χ4n) is 2.89. The van der Waals surface area contributed by atoms with Gasteiger partial charge < -0.3 is 4.74 Å². The summed E-state index contributed by atoms with van der Waals surface area (Å²) in [5.74, 6) is 0. The number of ether oxygens (including phenoxy) is 1. The molecule has 2 saturated heterocycles. The van der Waals surface area contributed by atoms with Crippen LogP contribution in [0.3, 0.4) is 0 Å². The van der Waals surface area contributed by atoms with E-state index in [4.69, 9.17) is 16.3 Å². The zero-order valence-corrected chi connectivity index (χ0v) is 14.1. The normalized spacial score (nSPS) is 26.0. The van der Waals surface area contributed by atoms with Gasteiger partial charge in [-0.2, -0.15) is 4.31 Å². The number of thiophene rings is 1. The summed E-state index contributed by atoms with van der Waals surface area (Å²) in [4.78, 5) is 2.37. The van der Waals surface area contributed by atoms with Crippen molar-refractivity contribution in [2.24, 2.45) is 0 Å². The van der Waals surface area contributed by atoms with Gasteiger partial charge in [-0.15, -0.1) is 11.3 Å². The highest BCUT2D eigenvalue weighted by Gasteiger charge is 2.31. The fraction of sp³-hybridized carbons (Fsp3) is 0.692. The van der Waals surface area contributed by atoms with E-state index < -0.39 is 10.0 Å². The Morgan fingerprint density at radius 3 is 2.76 bits per heavy atom. The first-order chi connectivity index (χ1) is 10.1. The van der Waals surface area contributed by atoms with Crippen LogP contribution in [0.1, 0.15) is 12.8 Å². The average molecular weight is 351 g/mol. The van der Waals surface area contributed by atoms with Crippen molar-refractivity contribution in [3.63, 3.8) is 0 Å². The van der Waals surface area contributed by atoms with Gasteiger partial charge in [-0.1, -0.05) is 11.6 Å². The van der Waals surface area contributed by atoms with Gasteiger partial charge in [0.1, 0.15) is 4.21 Å². The first-order valence-corrected chi connectivity index (χ1v) is 9.78. The van der Waals surface area contributed by atoms with Gasteiger partial charge >= 0.3 is 0 Å². The molecule has 8 heteroatoms. The lowest BCUT2D eigenvalue weighted by atomic mass is 10.2. The SMILES string of the molecule is O=S(=O)(c1ccc(Cl)s1)N1CCCN(C2CCOC2)CC1. The summed E-state index contributed by atoms with van der Waals surface area (Å²) in [6, 6.07) is 3.68. The molecule has 1 atom stereocenters. The van der Waals surface area contributed by atoms with Gasteiger partial charge in [0.15, 0.2) is 0 Å². The molecule has 1 unspecified atom stereocenters. The molecule has 0 saturated carbocycles. The Bertz CT molecular complexity index is 584. The van der Waals surface area contributed by atoms with E-state index in [1.54, 1.807) is 16.4 Å². The van der Waals surface area contributed by atoms with E-state index in [0.29, 0.717) is 27.7 Å². The van der Waals surface area contributed by atoms with E-state index in [9.17, 15) is 8.42 Å². The molecule has 0 bridgehead atoms. The van der Waals surface area contributed by atoms with Crippen molar-refractivity contribution in [3.05, 3.63) is 16.5 Å². The minimum absolute atomic E-state index is 0.338. The second-order valence-electron chi connectivity index (χ2n) is 5.37. The Morgan fingerprint density at radius 2 is 2.10 bits per heavy atom. The molecular weight excluding hydrogens is 332 g/mol. The first kappa shape index (κ1) is 15.7. The lowest BCUT2D eigenvalue weighted by Gasteiger charge is -2.26. The summed E-state index contributed by atoms with van der Waals surface area (Å²) in [5.41, 5.74) is 0. The summed E-state index contributed by atoms with van der Waals surface area (Å²) in [6.07, 6.45) is 1.90. The van der Waals surface area contributed by atoms with Crippen LogP contribution in [0.4, 0.5) is 0 Å². The summed E-state index contributed by atoms with van der Waals surface area (Å²) >= 11 is 6.98. The van der Waals surface area contributed by atoms with Gasteiger partial charge in [0, 0.05) is 32.3 Å². The van der Waals surface area contributed by atoms with Gasteiger partial charge in [0.25, 0.3) is 10.0 Å². The maximum Gasteiger partial charge on any atom is 0.252 e. The number of hydrogen-bond acceptors (Lipinski definition) is 5. The molecule has 21 heavy (non-hydrogen) atoms. The Morgan fingerprint density at radius 1 is 1.24 bits per heavy atom. The van der Waals surface area contributed by atoms with Crippen molar-refractivity contribution < 1.29 is 13.2 Å². The third-order valence-electron chi connectivity index (χ3n) is 4.05. The molecule has 5 nitrogen and oxygen atoms in total. The molecule has 3 rings (SSSR count). The maximum atomic E-state index is 12.6. The molecule has 2 aliphatic heterocycles. The van der Waals surface area contributed by atoms with E-state index in [-0.39, 0.29) is 0 Å². The number of nitrogens with zero attached hydrogens (tertiary/aromatic N) is 2. The van der Waals surface area contributed by atoms with Crippen LogP contribution in [0.5, 0.6) is 0 Å². The summed E-state index contributed by atoms with van der Waals surface area (Å²) in [7, 11) is -3.40. The van der Waals surface area contributed by atoms with Crippen molar-refractivity contribution >= 4 is 33.0 Å². The van der Waals surface area contributed by atoms with Crippen LogP contribution in [0.2, 0.25) is 4.34 Å². The van der Waals surface area contributed by atoms with Crippen LogP contribution < -0.4 is 0 Å². The number of rotatable bonds is 3. The van der Waals surface area contributed by atoms with Crippen LogP contribution in [0.15, 0.2) is 16.3 Å². The van der Waals surface area contributed by atoms with Gasteiger partial charge in [-0.25, -0.2) is 8.42 Å². The van der Waals surface area contributed by atoms with Crippen LogP contribution in [-0.2, 0) is 14.8 Å². The van der Waals surface area contributed by atoms with E-state index in [1.807, 2.05) is 0 Å². The molecule has 0 N–H and O–H groups in total.